The van der Waals surface area contributed by atoms with Gasteiger partial charge in [-0.15, -0.1) is 0 Å². The molecule has 0 aliphatic heterocycles. The van der Waals surface area contributed by atoms with Gasteiger partial charge in [-0.05, 0) is 67.1 Å². The van der Waals surface area contributed by atoms with Crippen LogP contribution < -0.4 is 11.1 Å². The first-order valence-electron chi connectivity index (χ1n) is 13.6. The summed E-state index contributed by atoms with van der Waals surface area (Å²) >= 11 is 0. The highest BCUT2D eigenvalue weighted by atomic mass is 19.1. The zero-order chi connectivity index (χ0) is 30.6. The summed E-state index contributed by atoms with van der Waals surface area (Å²) in [4.78, 5) is 42.6. The van der Waals surface area contributed by atoms with Gasteiger partial charge in [0.1, 0.15) is 41.6 Å². The second kappa shape index (κ2) is 10.8. The molecule has 0 saturated heterocycles. The lowest BCUT2D eigenvalue weighted by molar-refractivity contribution is -0.122. The first kappa shape index (κ1) is 28.3. The van der Waals surface area contributed by atoms with E-state index < -0.39 is 48.0 Å². The van der Waals surface area contributed by atoms with Gasteiger partial charge in [0.2, 0.25) is 5.91 Å². The second-order valence-electron chi connectivity index (χ2n) is 10.8. The van der Waals surface area contributed by atoms with Crippen molar-refractivity contribution in [2.75, 3.05) is 0 Å². The number of ketones is 1. The Morgan fingerprint density at radius 1 is 1.07 bits per heavy atom. The zero-order valence-electron chi connectivity index (χ0n) is 22.8. The highest BCUT2D eigenvalue weighted by Gasteiger charge is 2.56. The summed E-state index contributed by atoms with van der Waals surface area (Å²) in [7, 11) is 0. The maximum Gasteiger partial charge on any atom is 0.251 e. The Hall–Kier alpha value is -4.87. The number of Topliss-reactive ketones (excluding diaryl/α,β-unsaturated/α-hetero) is 1. The minimum atomic E-state index is -1.43. The van der Waals surface area contributed by atoms with Crippen molar-refractivity contribution in [1.82, 2.24) is 20.1 Å². The van der Waals surface area contributed by atoms with Gasteiger partial charge in [0.15, 0.2) is 5.78 Å². The third-order valence-electron chi connectivity index (χ3n) is 7.83. The number of pyridine rings is 1. The van der Waals surface area contributed by atoms with Gasteiger partial charge in [-0.1, -0.05) is 12.1 Å². The van der Waals surface area contributed by atoms with E-state index in [9.17, 15) is 31.9 Å². The average Bonchev–Trinajstić information content (AvgIpc) is 3.57. The molecule has 2 aromatic heterocycles. The molecule has 4 aromatic rings. The molecule has 1 fully saturated rings. The number of nitrogens with one attached hydrogen (secondary N) is 1. The fourth-order valence-electron chi connectivity index (χ4n) is 5.88. The average molecular weight is 592 g/mol. The first-order chi connectivity index (χ1) is 20.5. The standard InChI is InChI=1S/C31H25F4N5O3/c1-14(32)27-26-20-12-21(20)30(42)29(26)40(39-27)13-25(41)38-24(9-15-7-17(33)11-18(34)8-15)28-19(3-2-6-37-28)16-4-5-23(35)22(10-16)31(36)43/h2-8,10-11,14,20-21,24H,9,12-13H2,1H3,(H2,36,43)(H,38,41). The number of hydrogen-bond acceptors (Lipinski definition) is 5. The molecule has 4 unspecified atom stereocenters. The summed E-state index contributed by atoms with van der Waals surface area (Å²) in [6.45, 7) is 0.905. The van der Waals surface area contributed by atoms with Gasteiger partial charge in [0, 0.05) is 29.3 Å². The lowest BCUT2D eigenvalue weighted by Crippen LogP contribution is -2.34. The number of benzene rings is 2. The Labute approximate surface area is 242 Å². The molecule has 220 valence electrons. The van der Waals surface area contributed by atoms with E-state index in [1.54, 1.807) is 12.1 Å². The Bertz CT molecular complexity index is 1780. The van der Waals surface area contributed by atoms with Crippen LogP contribution in [0.25, 0.3) is 11.1 Å². The molecular formula is C31H25F4N5O3. The molecule has 0 bridgehead atoms. The lowest BCUT2D eigenvalue weighted by Gasteiger charge is -2.22. The molecule has 0 radical (unpaired) electrons. The van der Waals surface area contributed by atoms with E-state index in [0.29, 0.717) is 23.1 Å². The van der Waals surface area contributed by atoms with Crippen molar-refractivity contribution in [3.05, 3.63) is 106 Å². The van der Waals surface area contributed by atoms with Crippen LogP contribution in [0.15, 0.2) is 54.7 Å². The minimum Gasteiger partial charge on any atom is -0.366 e. The van der Waals surface area contributed by atoms with Crippen molar-refractivity contribution in [2.24, 2.45) is 11.7 Å². The predicted molar refractivity (Wildman–Crippen MR) is 146 cm³/mol. The van der Waals surface area contributed by atoms with E-state index in [4.69, 9.17) is 5.73 Å². The number of amides is 2. The molecule has 2 amide bonds. The van der Waals surface area contributed by atoms with Crippen LogP contribution >= 0.6 is 0 Å². The Morgan fingerprint density at radius 3 is 2.51 bits per heavy atom. The topological polar surface area (TPSA) is 120 Å². The van der Waals surface area contributed by atoms with Crippen molar-refractivity contribution in [1.29, 1.82) is 0 Å². The zero-order valence-corrected chi connectivity index (χ0v) is 22.8. The molecule has 12 heteroatoms. The van der Waals surface area contributed by atoms with E-state index in [-0.39, 0.29) is 52.2 Å². The maximum absolute atomic E-state index is 14.4. The van der Waals surface area contributed by atoms with E-state index >= 15 is 0 Å². The minimum absolute atomic E-state index is 0.0831. The van der Waals surface area contributed by atoms with Gasteiger partial charge in [0.05, 0.1) is 17.3 Å². The van der Waals surface area contributed by atoms with E-state index in [1.807, 2.05) is 0 Å². The summed E-state index contributed by atoms with van der Waals surface area (Å²) in [6.07, 6.45) is 0.543. The SMILES string of the molecule is CC(F)c1nn(CC(=O)NC(Cc2cc(F)cc(F)c2)c2ncccc2-c2ccc(F)c(C(N)=O)c2)c2c1C1CC1C2=O. The largest absolute Gasteiger partial charge is 0.366 e. The number of carbonyl (C=O) groups is 3. The van der Waals surface area contributed by atoms with Crippen LogP contribution in [0.4, 0.5) is 17.6 Å². The lowest BCUT2D eigenvalue weighted by atomic mass is 9.94. The van der Waals surface area contributed by atoms with Crippen LogP contribution in [-0.4, -0.2) is 32.4 Å². The van der Waals surface area contributed by atoms with Crippen LogP contribution in [0.2, 0.25) is 0 Å². The summed E-state index contributed by atoms with van der Waals surface area (Å²) in [6, 6.07) is 8.93. The molecule has 3 N–H and O–H groups in total. The summed E-state index contributed by atoms with van der Waals surface area (Å²) in [5.74, 6) is -4.52. The fraction of sp³-hybridized carbons (Fsp3) is 0.258. The molecule has 1 saturated carbocycles. The molecule has 8 nitrogen and oxygen atoms in total. The van der Waals surface area contributed by atoms with Crippen molar-refractivity contribution in [3.8, 4) is 11.1 Å². The molecule has 6 rings (SSSR count). The number of primary amides is 1. The number of fused-ring (bicyclic) bond motifs is 3. The number of hydrogen-bond donors (Lipinski definition) is 2. The third kappa shape index (κ3) is 5.28. The van der Waals surface area contributed by atoms with Crippen LogP contribution in [0.5, 0.6) is 0 Å². The van der Waals surface area contributed by atoms with Crippen LogP contribution in [0.3, 0.4) is 0 Å². The van der Waals surface area contributed by atoms with Crippen molar-refractivity contribution >= 4 is 17.6 Å². The molecule has 2 aliphatic rings. The van der Waals surface area contributed by atoms with Gasteiger partial charge < -0.3 is 11.1 Å². The van der Waals surface area contributed by atoms with E-state index in [0.717, 1.165) is 24.3 Å². The van der Waals surface area contributed by atoms with Crippen molar-refractivity contribution in [2.45, 2.75) is 44.4 Å². The third-order valence-corrected chi connectivity index (χ3v) is 7.83. The smallest absolute Gasteiger partial charge is 0.251 e. The molecule has 2 heterocycles. The predicted octanol–water partition coefficient (Wildman–Crippen LogP) is 4.89. The number of aromatic nitrogens is 3. The number of nitrogens with two attached hydrogens (primary N) is 1. The number of halogens is 4. The van der Waals surface area contributed by atoms with Gasteiger partial charge >= 0.3 is 0 Å². The Morgan fingerprint density at radius 2 is 1.81 bits per heavy atom. The molecule has 4 atom stereocenters. The van der Waals surface area contributed by atoms with Crippen molar-refractivity contribution < 1.29 is 31.9 Å². The normalized spacial score (nSPS) is 18.1. The van der Waals surface area contributed by atoms with Crippen LogP contribution in [0.1, 0.15) is 74.8 Å². The number of rotatable bonds is 9. The van der Waals surface area contributed by atoms with Crippen LogP contribution in [0, 0.1) is 23.4 Å². The van der Waals surface area contributed by atoms with E-state index in [1.165, 1.54) is 29.9 Å². The quantitative estimate of drug-likeness (QED) is 0.269. The van der Waals surface area contributed by atoms with Crippen molar-refractivity contribution in [3.63, 3.8) is 0 Å². The molecular weight excluding hydrogens is 566 g/mol. The van der Waals surface area contributed by atoms with Crippen LogP contribution in [-0.2, 0) is 17.8 Å². The number of nitrogens with zero attached hydrogens (tertiary/aromatic N) is 3. The Balaban J connectivity index is 1.37. The molecule has 2 aliphatic carbocycles. The van der Waals surface area contributed by atoms with Gasteiger partial charge in [-0.25, -0.2) is 17.6 Å². The Kier molecular flexibility index (Phi) is 7.07. The first-order valence-corrected chi connectivity index (χ1v) is 13.6. The summed E-state index contributed by atoms with van der Waals surface area (Å²) < 4.78 is 58.1. The maximum atomic E-state index is 14.4. The summed E-state index contributed by atoms with van der Waals surface area (Å²) in [5.41, 5.74) is 7.12. The molecule has 43 heavy (non-hydrogen) atoms. The monoisotopic (exact) mass is 591 g/mol. The molecule has 2 aromatic carbocycles. The van der Waals surface area contributed by atoms with Gasteiger partial charge in [-0.3, -0.25) is 24.0 Å². The highest BCUT2D eigenvalue weighted by Crippen LogP contribution is 2.58. The van der Waals surface area contributed by atoms with E-state index in [2.05, 4.69) is 15.4 Å². The van der Waals surface area contributed by atoms with Gasteiger partial charge in [0.25, 0.3) is 5.91 Å². The summed E-state index contributed by atoms with van der Waals surface area (Å²) in [5, 5.41) is 7.07. The van der Waals surface area contributed by atoms with Gasteiger partial charge in [-0.2, -0.15) is 5.10 Å². The fourth-order valence-corrected chi connectivity index (χ4v) is 5.88. The number of alkyl halides is 1. The molecule has 0 spiro atoms. The highest BCUT2D eigenvalue weighted by molar-refractivity contribution is 6.05. The number of carbonyl (C=O) groups excluding carboxylic acids is 3. The second-order valence-corrected chi connectivity index (χ2v) is 10.8.